The van der Waals surface area contributed by atoms with Crippen molar-refractivity contribution in [2.45, 2.75) is 6.10 Å². The minimum absolute atomic E-state index is 0.0579. The molecule has 1 atom stereocenters. The van der Waals surface area contributed by atoms with Gasteiger partial charge in [0.2, 0.25) is 6.10 Å². The molecule has 3 rings (SSSR count). The monoisotopic (exact) mass is 376 g/mol. The maximum absolute atomic E-state index is 12.0. The maximum atomic E-state index is 12.0. The van der Waals surface area contributed by atoms with E-state index in [1.54, 1.807) is 42.5 Å². The number of benzene rings is 2. The summed E-state index contributed by atoms with van der Waals surface area (Å²) in [6.07, 6.45) is -0.873. The van der Waals surface area contributed by atoms with E-state index in [4.69, 9.17) is 14.2 Å². The summed E-state index contributed by atoms with van der Waals surface area (Å²) in [7, 11) is 0. The van der Waals surface area contributed by atoms with Crippen LogP contribution in [0.5, 0.6) is 11.5 Å². The van der Waals surface area contributed by atoms with Gasteiger partial charge in [-0.15, -0.1) is 0 Å². The summed E-state index contributed by atoms with van der Waals surface area (Å²) in [6.45, 7) is -0.274. The van der Waals surface area contributed by atoms with Crippen molar-refractivity contribution in [1.82, 2.24) is 0 Å². The average Bonchev–Trinajstić information content (AvgIpc) is 2.59. The number of hydrogen-bond donors (Lipinski definition) is 0. The molecule has 1 aliphatic rings. The molecule has 1 heterocycles. The van der Waals surface area contributed by atoms with Gasteiger partial charge >= 0.3 is 5.97 Å². The molecule has 0 saturated heterocycles. The number of halogens is 1. The Labute approximate surface area is 141 Å². The van der Waals surface area contributed by atoms with Gasteiger partial charge in [-0.2, -0.15) is 0 Å². The smallest absolute Gasteiger partial charge is 0.351 e. The van der Waals surface area contributed by atoms with Crippen molar-refractivity contribution >= 4 is 27.7 Å². The minimum atomic E-state index is -0.873. The van der Waals surface area contributed by atoms with Gasteiger partial charge in [0.1, 0.15) is 6.61 Å². The van der Waals surface area contributed by atoms with E-state index in [0.29, 0.717) is 17.1 Å². The van der Waals surface area contributed by atoms with Crippen LogP contribution in [-0.2, 0) is 9.53 Å². The molecule has 0 amide bonds. The predicted octanol–water partition coefficient (Wildman–Crippen LogP) is 3.02. The molecule has 0 N–H and O–H groups in total. The fourth-order valence-electron chi connectivity index (χ4n) is 2.08. The summed E-state index contributed by atoms with van der Waals surface area (Å²) in [5, 5.41) is 0. The van der Waals surface area contributed by atoms with E-state index in [-0.39, 0.29) is 19.0 Å². The van der Waals surface area contributed by atoms with Crippen LogP contribution in [0.3, 0.4) is 0 Å². The molecule has 0 radical (unpaired) electrons. The zero-order valence-electron chi connectivity index (χ0n) is 12.0. The third-order valence-corrected chi connectivity index (χ3v) is 3.81. The highest BCUT2D eigenvalue weighted by molar-refractivity contribution is 9.10. The van der Waals surface area contributed by atoms with E-state index >= 15 is 0 Å². The van der Waals surface area contributed by atoms with Gasteiger partial charge < -0.3 is 14.2 Å². The third-order valence-electron chi connectivity index (χ3n) is 3.28. The van der Waals surface area contributed by atoms with Crippen LogP contribution in [0.1, 0.15) is 10.4 Å². The molecule has 0 aliphatic carbocycles. The Bertz CT molecular complexity index is 726. The Morgan fingerprint density at radius 2 is 1.78 bits per heavy atom. The molecule has 0 bridgehead atoms. The third kappa shape index (κ3) is 3.71. The highest BCUT2D eigenvalue weighted by Gasteiger charge is 2.29. The van der Waals surface area contributed by atoms with Crippen LogP contribution in [0.25, 0.3) is 0 Å². The molecule has 2 aromatic carbocycles. The normalized spacial score (nSPS) is 15.8. The van der Waals surface area contributed by atoms with Crippen molar-refractivity contribution in [3.63, 3.8) is 0 Å². The standard InChI is InChI=1S/C17H13BrO5/c18-12-7-5-11(6-8-12)13(19)9-22-17(20)16-10-21-14-3-1-2-4-15(14)23-16/h1-8,16H,9-10H2/t16-/m0/s1. The molecule has 0 spiro atoms. The quantitative estimate of drug-likeness (QED) is 0.606. The van der Waals surface area contributed by atoms with Gasteiger partial charge in [0.15, 0.2) is 23.9 Å². The number of ether oxygens (including phenoxy) is 3. The van der Waals surface area contributed by atoms with Crippen molar-refractivity contribution in [3.05, 3.63) is 58.6 Å². The Kier molecular flexibility index (Phi) is 4.62. The molecule has 0 saturated carbocycles. The van der Waals surface area contributed by atoms with E-state index < -0.39 is 12.1 Å². The van der Waals surface area contributed by atoms with E-state index in [2.05, 4.69) is 15.9 Å². The van der Waals surface area contributed by atoms with Crippen LogP contribution < -0.4 is 9.47 Å². The van der Waals surface area contributed by atoms with Crippen molar-refractivity contribution < 1.29 is 23.8 Å². The van der Waals surface area contributed by atoms with E-state index in [1.165, 1.54) is 0 Å². The zero-order chi connectivity index (χ0) is 16.2. The average molecular weight is 377 g/mol. The van der Waals surface area contributed by atoms with Crippen LogP contribution in [0.2, 0.25) is 0 Å². The molecule has 118 valence electrons. The van der Waals surface area contributed by atoms with Crippen LogP contribution in [0.15, 0.2) is 53.0 Å². The molecular weight excluding hydrogens is 364 g/mol. The Morgan fingerprint density at radius 3 is 2.52 bits per heavy atom. The van der Waals surface area contributed by atoms with Crippen molar-refractivity contribution in [2.75, 3.05) is 13.2 Å². The summed E-state index contributed by atoms with van der Waals surface area (Å²) < 4.78 is 16.9. The molecule has 1 aliphatic heterocycles. The van der Waals surface area contributed by atoms with Gasteiger partial charge in [0.25, 0.3) is 0 Å². The molecule has 6 heteroatoms. The van der Waals surface area contributed by atoms with Gasteiger partial charge in [-0.25, -0.2) is 4.79 Å². The number of ketones is 1. The van der Waals surface area contributed by atoms with Crippen LogP contribution in [0, 0.1) is 0 Å². The molecule has 2 aromatic rings. The van der Waals surface area contributed by atoms with Crippen molar-refractivity contribution in [3.8, 4) is 11.5 Å². The lowest BCUT2D eigenvalue weighted by atomic mass is 10.1. The van der Waals surface area contributed by atoms with Gasteiger partial charge in [0, 0.05) is 10.0 Å². The molecule has 0 fully saturated rings. The molecular formula is C17H13BrO5. The summed E-state index contributed by atoms with van der Waals surface area (Å²) in [4.78, 5) is 24.0. The van der Waals surface area contributed by atoms with Gasteiger partial charge in [-0.1, -0.05) is 40.2 Å². The Balaban J connectivity index is 1.56. The topological polar surface area (TPSA) is 61.8 Å². The molecule has 5 nitrogen and oxygen atoms in total. The fourth-order valence-corrected chi connectivity index (χ4v) is 2.35. The number of carbonyl (C=O) groups is 2. The second-order valence-electron chi connectivity index (χ2n) is 4.90. The number of Topliss-reactive ketones (excluding diaryl/α,β-unsaturated/α-hetero) is 1. The summed E-state index contributed by atoms with van der Waals surface area (Å²) in [6, 6.07) is 13.9. The van der Waals surface area contributed by atoms with Crippen molar-refractivity contribution in [2.24, 2.45) is 0 Å². The predicted molar refractivity (Wildman–Crippen MR) is 85.8 cm³/mol. The Hall–Kier alpha value is -2.34. The second kappa shape index (κ2) is 6.83. The lowest BCUT2D eigenvalue weighted by Crippen LogP contribution is -2.38. The summed E-state index contributed by atoms with van der Waals surface area (Å²) in [5.74, 6) is 0.176. The SMILES string of the molecule is O=C(COC(=O)[C@@H]1COc2ccccc2O1)c1ccc(Br)cc1. The fraction of sp³-hybridized carbons (Fsp3) is 0.176. The maximum Gasteiger partial charge on any atom is 0.351 e. The summed E-state index contributed by atoms with van der Waals surface area (Å²) >= 11 is 3.30. The number of para-hydroxylation sites is 2. The minimum Gasteiger partial charge on any atom is -0.485 e. The van der Waals surface area contributed by atoms with Gasteiger partial charge in [-0.3, -0.25) is 4.79 Å². The number of carbonyl (C=O) groups excluding carboxylic acids is 2. The largest absolute Gasteiger partial charge is 0.485 e. The van der Waals surface area contributed by atoms with E-state index in [9.17, 15) is 9.59 Å². The van der Waals surface area contributed by atoms with Crippen LogP contribution in [-0.4, -0.2) is 31.1 Å². The summed E-state index contributed by atoms with van der Waals surface area (Å²) in [5.41, 5.74) is 0.479. The number of fused-ring (bicyclic) bond motifs is 1. The highest BCUT2D eigenvalue weighted by atomic mass is 79.9. The number of hydrogen-bond acceptors (Lipinski definition) is 5. The van der Waals surface area contributed by atoms with Crippen LogP contribution >= 0.6 is 15.9 Å². The second-order valence-corrected chi connectivity index (χ2v) is 5.82. The van der Waals surface area contributed by atoms with Crippen molar-refractivity contribution in [1.29, 1.82) is 0 Å². The molecule has 0 aromatic heterocycles. The lowest BCUT2D eigenvalue weighted by molar-refractivity contribution is -0.153. The van der Waals surface area contributed by atoms with Crippen LogP contribution in [0.4, 0.5) is 0 Å². The highest BCUT2D eigenvalue weighted by Crippen LogP contribution is 2.31. The Morgan fingerprint density at radius 1 is 1.09 bits per heavy atom. The first-order chi connectivity index (χ1) is 11.1. The van der Waals surface area contributed by atoms with Gasteiger partial charge in [0.05, 0.1) is 0 Å². The molecule has 0 unspecified atom stereocenters. The molecule has 23 heavy (non-hydrogen) atoms. The van der Waals surface area contributed by atoms with E-state index in [0.717, 1.165) is 4.47 Å². The van der Waals surface area contributed by atoms with Gasteiger partial charge in [-0.05, 0) is 24.3 Å². The first-order valence-electron chi connectivity index (χ1n) is 6.97. The lowest BCUT2D eigenvalue weighted by Gasteiger charge is -2.24. The number of esters is 1. The number of rotatable bonds is 4. The first-order valence-corrected chi connectivity index (χ1v) is 7.76. The van der Waals surface area contributed by atoms with E-state index in [1.807, 2.05) is 6.07 Å². The first kappa shape index (κ1) is 15.6. The zero-order valence-corrected chi connectivity index (χ0v) is 13.6.